The van der Waals surface area contributed by atoms with Gasteiger partial charge in [0.2, 0.25) is 5.75 Å². The number of halogens is 1. The highest BCUT2D eigenvalue weighted by atomic mass is 19.1. The van der Waals surface area contributed by atoms with E-state index in [1.54, 1.807) is 27.4 Å². The molecule has 7 heteroatoms. The molecule has 30 heavy (non-hydrogen) atoms. The highest BCUT2D eigenvalue weighted by molar-refractivity contribution is 5.79. The largest absolute Gasteiger partial charge is 0.493 e. The van der Waals surface area contributed by atoms with Crippen molar-refractivity contribution in [2.24, 2.45) is 4.99 Å². The molecule has 0 radical (unpaired) electrons. The number of guanidine groups is 1. The summed E-state index contributed by atoms with van der Waals surface area (Å²) in [6, 6.07) is 8.72. The molecule has 164 valence electrons. The molecule has 0 aliphatic heterocycles. The number of rotatable bonds is 10. The highest BCUT2D eigenvalue weighted by Crippen LogP contribution is 2.39. The quantitative estimate of drug-likeness (QED) is 0.458. The second-order valence-electron chi connectivity index (χ2n) is 6.75. The monoisotopic (exact) mass is 417 g/mol. The van der Waals surface area contributed by atoms with Crippen molar-refractivity contribution in [2.75, 3.05) is 41.0 Å². The van der Waals surface area contributed by atoms with E-state index in [2.05, 4.69) is 15.6 Å². The van der Waals surface area contributed by atoms with E-state index in [1.807, 2.05) is 32.0 Å². The van der Waals surface area contributed by atoms with Crippen LogP contribution in [0.3, 0.4) is 0 Å². The van der Waals surface area contributed by atoms with E-state index in [0.29, 0.717) is 30.3 Å². The van der Waals surface area contributed by atoms with Gasteiger partial charge in [0.1, 0.15) is 5.82 Å². The molecule has 2 rings (SSSR count). The fourth-order valence-corrected chi connectivity index (χ4v) is 3.25. The van der Waals surface area contributed by atoms with E-state index >= 15 is 0 Å². The number of aliphatic imine (C=N–C) groups is 1. The first kappa shape index (κ1) is 23.3. The smallest absolute Gasteiger partial charge is 0.203 e. The topological polar surface area (TPSA) is 64.1 Å². The molecule has 0 spiro atoms. The number of aryl methyl sites for hydroxylation is 1. The minimum atomic E-state index is -0.208. The Morgan fingerprint density at radius 2 is 1.67 bits per heavy atom. The summed E-state index contributed by atoms with van der Waals surface area (Å²) >= 11 is 0. The van der Waals surface area contributed by atoms with Crippen molar-refractivity contribution in [3.8, 4) is 17.2 Å². The number of nitrogens with one attached hydrogen (secondary N) is 2. The van der Waals surface area contributed by atoms with Gasteiger partial charge < -0.3 is 24.8 Å². The van der Waals surface area contributed by atoms with Crippen molar-refractivity contribution in [1.29, 1.82) is 0 Å². The summed E-state index contributed by atoms with van der Waals surface area (Å²) in [5, 5.41) is 6.60. The summed E-state index contributed by atoms with van der Waals surface area (Å²) in [4.78, 5) is 4.63. The number of nitrogens with zero attached hydrogens (tertiary/aromatic N) is 1. The lowest BCUT2D eigenvalue weighted by atomic mass is 10.1. The van der Waals surface area contributed by atoms with Crippen molar-refractivity contribution < 1.29 is 18.6 Å². The molecule has 0 fully saturated rings. The maximum Gasteiger partial charge on any atom is 0.203 e. The van der Waals surface area contributed by atoms with Gasteiger partial charge in [-0.25, -0.2) is 4.39 Å². The van der Waals surface area contributed by atoms with Gasteiger partial charge in [0, 0.05) is 25.2 Å². The van der Waals surface area contributed by atoms with Crippen LogP contribution in [0.4, 0.5) is 4.39 Å². The van der Waals surface area contributed by atoms with Crippen LogP contribution in [0.15, 0.2) is 35.3 Å². The minimum absolute atomic E-state index is 0.208. The van der Waals surface area contributed by atoms with Crippen molar-refractivity contribution in [1.82, 2.24) is 10.6 Å². The molecule has 2 aromatic carbocycles. The Kier molecular flexibility index (Phi) is 9.25. The molecule has 0 aliphatic carbocycles. The highest BCUT2D eigenvalue weighted by Gasteiger charge is 2.15. The molecule has 0 bridgehead atoms. The van der Waals surface area contributed by atoms with Gasteiger partial charge in [-0.05, 0) is 56.0 Å². The van der Waals surface area contributed by atoms with E-state index in [-0.39, 0.29) is 5.82 Å². The summed E-state index contributed by atoms with van der Waals surface area (Å²) in [6.45, 7) is 6.00. The van der Waals surface area contributed by atoms with Crippen LogP contribution in [-0.2, 0) is 12.8 Å². The van der Waals surface area contributed by atoms with Crippen LogP contribution in [0.25, 0.3) is 0 Å². The van der Waals surface area contributed by atoms with E-state index in [4.69, 9.17) is 14.2 Å². The maximum absolute atomic E-state index is 13.3. The summed E-state index contributed by atoms with van der Waals surface area (Å²) in [7, 11) is 4.82. The maximum atomic E-state index is 13.3. The van der Waals surface area contributed by atoms with Crippen molar-refractivity contribution in [3.05, 3.63) is 52.8 Å². The molecule has 2 N–H and O–H groups in total. The molecule has 0 atom stereocenters. The predicted octanol–water partition coefficient (Wildman–Crippen LogP) is 3.50. The summed E-state index contributed by atoms with van der Waals surface area (Å²) in [5.41, 5.74) is 3.07. The minimum Gasteiger partial charge on any atom is -0.493 e. The van der Waals surface area contributed by atoms with Gasteiger partial charge in [-0.2, -0.15) is 0 Å². The van der Waals surface area contributed by atoms with Crippen LogP contribution in [-0.4, -0.2) is 46.9 Å². The Bertz CT molecular complexity index is 856. The molecule has 0 amide bonds. The average molecular weight is 418 g/mol. The van der Waals surface area contributed by atoms with Crippen LogP contribution in [0.5, 0.6) is 17.2 Å². The normalized spacial score (nSPS) is 11.2. The Hall–Kier alpha value is -2.96. The van der Waals surface area contributed by atoms with Gasteiger partial charge in [-0.3, -0.25) is 4.99 Å². The number of ether oxygens (including phenoxy) is 3. The van der Waals surface area contributed by atoms with Crippen LogP contribution in [0.2, 0.25) is 0 Å². The lowest BCUT2D eigenvalue weighted by Crippen LogP contribution is -2.38. The Morgan fingerprint density at radius 3 is 2.30 bits per heavy atom. The summed E-state index contributed by atoms with van der Waals surface area (Å²) in [5.74, 6) is 2.44. The van der Waals surface area contributed by atoms with E-state index in [1.165, 1.54) is 6.07 Å². The SMILES string of the molecule is CCNC(=NCCc1ccc(F)cc1C)NCCc1ccc(OC)c(OC)c1OC. The molecule has 0 unspecified atom stereocenters. The Labute approximate surface area is 178 Å². The van der Waals surface area contributed by atoms with Gasteiger partial charge in [-0.15, -0.1) is 0 Å². The summed E-state index contributed by atoms with van der Waals surface area (Å²) in [6.07, 6.45) is 1.48. The molecule has 0 heterocycles. The second kappa shape index (κ2) is 11.9. The second-order valence-corrected chi connectivity index (χ2v) is 6.75. The molecule has 0 aliphatic rings. The molecule has 6 nitrogen and oxygen atoms in total. The summed E-state index contributed by atoms with van der Waals surface area (Å²) < 4.78 is 29.6. The Morgan fingerprint density at radius 1 is 0.933 bits per heavy atom. The number of methoxy groups -OCH3 is 3. The zero-order valence-electron chi connectivity index (χ0n) is 18.5. The van der Waals surface area contributed by atoms with Gasteiger partial charge in [-0.1, -0.05) is 12.1 Å². The third kappa shape index (κ3) is 6.27. The number of hydrogen-bond donors (Lipinski definition) is 2. The van der Waals surface area contributed by atoms with E-state index in [0.717, 1.165) is 42.0 Å². The van der Waals surface area contributed by atoms with Gasteiger partial charge in [0.25, 0.3) is 0 Å². The third-order valence-corrected chi connectivity index (χ3v) is 4.77. The molecule has 0 aromatic heterocycles. The van der Waals surface area contributed by atoms with E-state index in [9.17, 15) is 4.39 Å². The van der Waals surface area contributed by atoms with Gasteiger partial charge in [0.15, 0.2) is 17.5 Å². The zero-order chi connectivity index (χ0) is 21.9. The fraction of sp³-hybridized carbons (Fsp3) is 0.435. The predicted molar refractivity (Wildman–Crippen MR) is 119 cm³/mol. The molecular weight excluding hydrogens is 385 g/mol. The molecule has 0 saturated heterocycles. The molecule has 2 aromatic rings. The van der Waals surface area contributed by atoms with Gasteiger partial charge >= 0.3 is 0 Å². The molecular formula is C23H32FN3O3. The first-order valence-electron chi connectivity index (χ1n) is 10.1. The average Bonchev–Trinajstić information content (AvgIpc) is 2.74. The van der Waals surface area contributed by atoms with Crippen molar-refractivity contribution >= 4 is 5.96 Å². The third-order valence-electron chi connectivity index (χ3n) is 4.77. The first-order chi connectivity index (χ1) is 14.5. The van der Waals surface area contributed by atoms with Gasteiger partial charge in [0.05, 0.1) is 21.3 Å². The number of hydrogen-bond acceptors (Lipinski definition) is 4. The Balaban J connectivity index is 1.98. The standard InChI is InChI=1S/C23H32FN3O3/c1-6-25-23(26-13-11-17-7-9-19(24)15-16(17)2)27-14-12-18-8-10-20(28-3)22(30-5)21(18)29-4/h7-10,15H,6,11-14H2,1-5H3,(H2,25,26,27). The fourth-order valence-electron chi connectivity index (χ4n) is 3.25. The van der Waals surface area contributed by atoms with Crippen molar-refractivity contribution in [3.63, 3.8) is 0 Å². The van der Waals surface area contributed by atoms with Crippen LogP contribution >= 0.6 is 0 Å². The van der Waals surface area contributed by atoms with Crippen LogP contribution in [0.1, 0.15) is 23.6 Å². The van der Waals surface area contributed by atoms with Crippen LogP contribution < -0.4 is 24.8 Å². The lowest BCUT2D eigenvalue weighted by molar-refractivity contribution is 0.322. The lowest BCUT2D eigenvalue weighted by Gasteiger charge is -2.16. The zero-order valence-corrected chi connectivity index (χ0v) is 18.5. The molecule has 0 saturated carbocycles. The number of benzene rings is 2. The van der Waals surface area contributed by atoms with Crippen LogP contribution in [0, 0.1) is 12.7 Å². The first-order valence-corrected chi connectivity index (χ1v) is 10.1. The van der Waals surface area contributed by atoms with Crippen molar-refractivity contribution in [2.45, 2.75) is 26.7 Å². The van der Waals surface area contributed by atoms with E-state index < -0.39 is 0 Å².